The molecule has 1 atom stereocenters. The summed E-state index contributed by atoms with van der Waals surface area (Å²) in [5.74, 6) is -1.14. The largest absolute Gasteiger partial charge is 0.481 e. The van der Waals surface area contributed by atoms with Crippen molar-refractivity contribution in [2.45, 2.75) is 32.2 Å². The van der Waals surface area contributed by atoms with Crippen LogP contribution >= 0.6 is 0 Å². The van der Waals surface area contributed by atoms with Crippen LogP contribution in [0.3, 0.4) is 0 Å². The van der Waals surface area contributed by atoms with Gasteiger partial charge < -0.3 is 15.3 Å². The fraction of sp³-hybridized carbons (Fsp3) is 0.857. The number of carbonyl (C=O) groups is 2. The van der Waals surface area contributed by atoms with Crippen molar-refractivity contribution in [2.24, 2.45) is 5.92 Å². The van der Waals surface area contributed by atoms with E-state index >= 15 is 0 Å². The van der Waals surface area contributed by atoms with E-state index in [1.807, 2.05) is 13.8 Å². The standard InChI is InChI=1S/C14H25N3O3/c1-14(2,17-8-5-15-6-9-17)13(20)16-7-3-4-11(10-16)12(18)19/h11,15H,3-10H2,1-2H3,(H,18,19)/t11-/m1/s1. The molecule has 0 aliphatic carbocycles. The van der Waals surface area contributed by atoms with Crippen molar-refractivity contribution in [1.29, 1.82) is 0 Å². The number of likely N-dealkylation sites (tertiary alicyclic amines) is 1. The van der Waals surface area contributed by atoms with Crippen molar-refractivity contribution in [3.05, 3.63) is 0 Å². The Labute approximate surface area is 120 Å². The number of piperazine rings is 1. The highest BCUT2D eigenvalue weighted by molar-refractivity contribution is 5.86. The Balaban J connectivity index is 2.03. The zero-order chi connectivity index (χ0) is 14.8. The number of nitrogens with zero attached hydrogens (tertiary/aromatic N) is 2. The normalized spacial score (nSPS) is 25.5. The van der Waals surface area contributed by atoms with E-state index in [0.717, 1.165) is 32.6 Å². The maximum absolute atomic E-state index is 12.8. The molecular weight excluding hydrogens is 258 g/mol. The van der Waals surface area contributed by atoms with Gasteiger partial charge in [0.15, 0.2) is 0 Å². The lowest BCUT2D eigenvalue weighted by molar-refractivity contribution is -0.150. The molecule has 114 valence electrons. The first-order chi connectivity index (χ1) is 9.43. The van der Waals surface area contributed by atoms with Crippen molar-refractivity contribution < 1.29 is 14.7 Å². The zero-order valence-electron chi connectivity index (χ0n) is 12.4. The van der Waals surface area contributed by atoms with Crippen LogP contribution in [0.15, 0.2) is 0 Å². The van der Waals surface area contributed by atoms with Crippen LogP contribution < -0.4 is 5.32 Å². The van der Waals surface area contributed by atoms with Crippen LogP contribution in [0.5, 0.6) is 0 Å². The molecule has 1 amide bonds. The third kappa shape index (κ3) is 3.12. The Morgan fingerprint density at radius 3 is 2.45 bits per heavy atom. The van der Waals surface area contributed by atoms with E-state index < -0.39 is 17.4 Å². The molecule has 2 fully saturated rings. The van der Waals surface area contributed by atoms with Gasteiger partial charge in [0.05, 0.1) is 11.5 Å². The topological polar surface area (TPSA) is 72.9 Å². The summed E-state index contributed by atoms with van der Waals surface area (Å²) in [6, 6.07) is 0. The minimum absolute atomic E-state index is 0.0605. The summed E-state index contributed by atoms with van der Waals surface area (Å²) in [6.07, 6.45) is 1.45. The highest BCUT2D eigenvalue weighted by Gasteiger charge is 2.40. The summed E-state index contributed by atoms with van der Waals surface area (Å²) >= 11 is 0. The van der Waals surface area contributed by atoms with Crippen molar-refractivity contribution in [1.82, 2.24) is 15.1 Å². The third-order valence-corrected chi connectivity index (χ3v) is 4.49. The molecule has 0 aromatic carbocycles. The summed E-state index contributed by atoms with van der Waals surface area (Å²) in [4.78, 5) is 27.8. The van der Waals surface area contributed by atoms with Gasteiger partial charge in [0.2, 0.25) is 5.91 Å². The Bertz CT molecular complexity index is 378. The summed E-state index contributed by atoms with van der Waals surface area (Å²) in [5, 5.41) is 12.4. The molecule has 2 aliphatic heterocycles. The minimum atomic E-state index is -0.789. The lowest BCUT2D eigenvalue weighted by Crippen LogP contribution is -2.61. The smallest absolute Gasteiger partial charge is 0.308 e. The molecule has 20 heavy (non-hydrogen) atoms. The fourth-order valence-corrected chi connectivity index (χ4v) is 3.11. The number of hydrogen-bond acceptors (Lipinski definition) is 4. The molecule has 0 aromatic rings. The highest BCUT2D eigenvalue weighted by Crippen LogP contribution is 2.23. The molecule has 0 unspecified atom stereocenters. The van der Waals surface area contributed by atoms with Gasteiger partial charge in [0, 0.05) is 39.3 Å². The average molecular weight is 283 g/mol. The molecule has 0 radical (unpaired) electrons. The van der Waals surface area contributed by atoms with Gasteiger partial charge in [0.25, 0.3) is 0 Å². The van der Waals surface area contributed by atoms with Crippen LogP contribution in [0.25, 0.3) is 0 Å². The highest BCUT2D eigenvalue weighted by atomic mass is 16.4. The van der Waals surface area contributed by atoms with Crippen LogP contribution in [-0.4, -0.2) is 71.6 Å². The van der Waals surface area contributed by atoms with Gasteiger partial charge in [-0.1, -0.05) is 0 Å². The van der Waals surface area contributed by atoms with E-state index in [2.05, 4.69) is 10.2 Å². The number of piperidine rings is 1. The number of carboxylic acids is 1. The number of nitrogens with one attached hydrogen (secondary N) is 1. The number of rotatable bonds is 3. The van der Waals surface area contributed by atoms with E-state index in [9.17, 15) is 9.59 Å². The van der Waals surface area contributed by atoms with Gasteiger partial charge in [-0.05, 0) is 26.7 Å². The van der Waals surface area contributed by atoms with Gasteiger partial charge in [-0.25, -0.2) is 0 Å². The lowest BCUT2D eigenvalue weighted by Gasteiger charge is -2.44. The van der Waals surface area contributed by atoms with Crippen LogP contribution in [0.1, 0.15) is 26.7 Å². The Kier molecular flexibility index (Phi) is 4.65. The first kappa shape index (κ1) is 15.3. The summed E-state index contributed by atoms with van der Waals surface area (Å²) in [7, 11) is 0. The molecule has 2 saturated heterocycles. The molecule has 2 aliphatic rings. The van der Waals surface area contributed by atoms with Gasteiger partial charge in [0.1, 0.15) is 0 Å². The van der Waals surface area contributed by atoms with Crippen molar-refractivity contribution in [3.8, 4) is 0 Å². The maximum atomic E-state index is 12.8. The second-order valence-electron chi connectivity index (χ2n) is 6.22. The Morgan fingerprint density at radius 1 is 1.20 bits per heavy atom. The van der Waals surface area contributed by atoms with Gasteiger partial charge in [-0.2, -0.15) is 0 Å². The van der Waals surface area contributed by atoms with Crippen LogP contribution in [0, 0.1) is 5.92 Å². The number of hydrogen-bond donors (Lipinski definition) is 2. The molecular formula is C14H25N3O3. The summed E-state index contributed by atoms with van der Waals surface area (Å²) in [6.45, 7) is 8.44. The number of aliphatic carboxylic acids is 1. The van der Waals surface area contributed by atoms with Crippen molar-refractivity contribution in [3.63, 3.8) is 0 Å². The quantitative estimate of drug-likeness (QED) is 0.762. The van der Waals surface area contributed by atoms with E-state index in [1.165, 1.54) is 0 Å². The molecule has 2 rings (SSSR count). The molecule has 0 spiro atoms. The Morgan fingerprint density at radius 2 is 1.85 bits per heavy atom. The van der Waals surface area contributed by atoms with E-state index in [1.54, 1.807) is 4.90 Å². The van der Waals surface area contributed by atoms with Gasteiger partial charge in [-0.3, -0.25) is 14.5 Å². The first-order valence-corrected chi connectivity index (χ1v) is 7.41. The molecule has 2 heterocycles. The zero-order valence-corrected chi connectivity index (χ0v) is 12.4. The average Bonchev–Trinajstić information content (AvgIpc) is 2.47. The van der Waals surface area contributed by atoms with E-state index in [0.29, 0.717) is 19.5 Å². The molecule has 0 aromatic heterocycles. The minimum Gasteiger partial charge on any atom is -0.481 e. The van der Waals surface area contributed by atoms with Crippen LogP contribution in [0.4, 0.5) is 0 Å². The molecule has 2 N–H and O–H groups in total. The second kappa shape index (κ2) is 6.10. The van der Waals surface area contributed by atoms with Gasteiger partial charge in [-0.15, -0.1) is 0 Å². The summed E-state index contributed by atoms with van der Waals surface area (Å²) < 4.78 is 0. The first-order valence-electron chi connectivity index (χ1n) is 7.41. The predicted octanol–water partition coefficient (Wildman–Crippen LogP) is -0.00660. The third-order valence-electron chi connectivity index (χ3n) is 4.49. The number of amides is 1. The van der Waals surface area contributed by atoms with Crippen LogP contribution in [-0.2, 0) is 9.59 Å². The maximum Gasteiger partial charge on any atom is 0.308 e. The lowest BCUT2D eigenvalue weighted by atomic mass is 9.94. The van der Waals surface area contributed by atoms with Crippen LogP contribution in [0.2, 0.25) is 0 Å². The molecule has 6 heteroatoms. The molecule has 0 saturated carbocycles. The summed E-state index contributed by atoms with van der Waals surface area (Å²) in [5.41, 5.74) is -0.553. The predicted molar refractivity (Wildman–Crippen MR) is 75.5 cm³/mol. The van der Waals surface area contributed by atoms with E-state index in [-0.39, 0.29) is 5.91 Å². The Hall–Kier alpha value is -1.14. The number of carbonyl (C=O) groups excluding carboxylic acids is 1. The SMILES string of the molecule is CC(C)(C(=O)N1CCC[C@@H](C(=O)O)C1)N1CCNCC1. The van der Waals surface area contributed by atoms with Gasteiger partial charge >= 0.3 is 5.97 Å². The monoisotopic (exact) mass is 283 g/mol. The second-order valence-corrected chi connectivity index (χ2v) is 6.22. The molecule has 6 nitrogen and oxygen atoms in total. The fourth-order valence-electron chi connectivity index (χ4n) is 3.11. The number of carboxylic acid groups (broad SMARTS) is 1. The van der Waals surface area contributed by atoms with E-state index in [4.69, 9.17) is 5.11 Å². The van der Waals surface area contributed by atoms with Crippen molar-refractivity contribution in [2.75, 3.05) is 39.3 Å². The van der Waals surface area contributed by atoms with Crippen molar-refractivity contribution >= 4 is 11.9 Å². The molecule has 0 bridgehead atoms.